The molecule has 1 aliphatic rings. The van der Waals surface area contributed by atoms with Crippen molar-refractivity contribution >= 4 is 5.91 Å². The number of nitrogens with one attached hydrogen (secondary N) is 2. The van der Waals surface area contributed by atoms with Crippen LogP contribution in [-0.4, -0.2) is 28.6 Å². The highest BCUT2D eigenvalue weighted by molar-refractivity contribution is 5.81. The van der Waals surface area contributed by atoms with Crippen LogP contribution in [0, 0.1) is 5.92 Å². The van der Waals surface area contributed by atoms with Crippen LogP contribution in [-0.2, 0) is 16.1 Å². The monoisotopic (exact) mass is 209 g/mol. The van der Waals surface area contributed by atoms with E-state index in [1.54, 1.807) is 12.5 Å². The average molecular weight is 209 g/mol. The SMILES string of the molecule is CC1CCOC1C(=O)NCc1cnc[nH]1. The fourth-order valence-corrected chi connectivity index (χ4v) is 1.69. The number of hydrogen-bond acceptors (Lipinski definition) is 3. The van der Waals surface area contributed by atoms with Crippen LogP contribution in [0.1, 0.15) is 19.0 Å². The van der Waals surface area contributed by atoms with E-state index in [1.165, 1.54) is 0 Å². The zero-order chi connectivity index (χ0) is 10.7. The summed E-state index contributed by atoms with van der Waals surface area (Å²) in [7, 11) is 0. The fraction of sp³-hybridized carbons (Fsp3) is 0.600. The van der Waals surface area contributed by atoms with Gasteiger partial charge in [0, 0.05) is 12.8 Å². The van der Waals surface area contributed by atoms with E-state index in [0.717, 1.165) is 12.1 Å². The minimum absolute atomic E-state index is 0.0328. The highest BCUT2D eigenvalue weighted by Gasteiger charge is 2.30. The van der Waals surface area contributed by atoms with Crippen LogP contribution in [0.25, 0.3) is 0 Å². The lowest BCUT2D eigenvalue weighted by molar-refractivity contribution is -0.131. The zero-order valence-electron chi connectivity index (χ0n) is 8.69. The Morgan fingerprint density at radius 2 is 2.67 bits per heavy atom. The third kappa shape index (κ3) is 2.36. The van der Waals surface area contributed by atoms with Crippen LogP contribution in [0.3, 0.4) is 0 Å². The summed E-state index contributed by atoms with van der Waals surface area (Å²) in [6, 6.07) is 0. The zero-order valence-corrected chi connectivity index (χ0v) is 8.69. The molecule has 15 heavy (non-hydrogen) atoms. The number of ether oxygens (including phenoxy) is 1. The molecule has 2 unspecified atom stereocenters. The first-order chi connectivity index (χ1) is 7.27. The van der Waals surface area contributed by atoms with Crippen molar-refractivity contribution in [1.82, 2.24) is 15.3 Å². The van der Waals surface area contributed by atoms with Gasteiger partial charge in [0.25, 0.3) is 0 Å². The predicted molar refractivity (Wildman–Crippen MR) is 54.0 cm³/mol. The standard InChI is InChI=1S/C10H15N3O2/c1-7-2-3-15-9(7)10(14)12-5-8-4-11-6-13-8/h4,6-7,9H,2-3,5H2,1H3,(H,11,13)(H,12,14). The van der Waals surface area contributed by atoms with Gasteiger partial charge in [0.2, 0.25) is 5.91 Å². The van der Waals surface area contributed by atoms with Gasteiger partial charge < -0.3 is 15.0 Å². The second-order valence-corrected chi connectivity index (χ2v) is 3.85. The smallest absolute Gasteiger partial charge is 0.249 e. The Kier molecular flexibility index (Phi) is 3.01. The lowest BCUT2D eigenvalue weighted by atomic mass is 10.0. The number of imidazole rings is 1. The molecule has 1 saturated heterocycles. The summed E-state index contributed by atoms with van der Waals surface area (Å²) in [5, 5.41) is 2.82. The van der Waals surface area contributed by atoms with Gasteiger partial charge in [-0.15, -0.1) is 0 Å². The van der Waals surface area contributed by atoms with Crippen molar-refractivity contribution in [2.24, 2.45) is 5.92 Å². The van der Waals surface area contributed by atoms with E-state index >= 15 is 0 Å². The molecule has 0 bridgehead atoms. The first-order valence-electron chi connectivity index (χ1n) is 5.14. The van der Waals surface area contributed by atoms with Crippen LogP contribution < -0.4 is 5.32 Å². The highest BCUT2D eigenvalue weighted by atomic mass is 16.5. The third-order valence-corrected chi connectivity index (χ3v) is 2.65. The van der Waals surface area contributed by atoms with Crippen LogP contribution >= 0.6 is 0 Å². The van der Waals surface area contributed by atoms with Crippen LogP contribution in [0.2, 0.25) is 0 Å². The number of aromatic amines is 1. The Bertz CT molecular complexity index is 323. The van der Waals surface area contributed by atoms with Crippen molar-refractivity contribution in [3.05, 3.63) is 18.2 Å². The molecule has 1 amide bonds. The second-order valence-electron chi connectivity index (χ2n) is 3.85. The number of rotatable bonds is 3. The van der Waals surface area contributed by atoms with Gasteiger partial charge in [-0.1, -0.05) is 6.92 Å². The molecule has 0 aromatic carbocycles. The van der Waals surface area contributed by atoms with Crippen molar-refractivity contribution in [2.45, 2.75) is 26.0 Å². The molecule has 5 nitrogen and oxygen atoms in total. The molecule has 82 valence electrons. The van der Waals surface area contributed by atoms with Gasteiger partial charge in [0.1, 0.15) is 6.10 Å². The number of aromatic nitrogens is 2. The maximum Gasteiger partial charge on any atom is 0.249 e. The molecule has 0 spiro atoms. The van der Waals surface area contributed by atoms with Crippen LogP contribution in [0.4, 0.5) is 0 Å². The predicted octanol–water partition coefficient (Wildman–Crippen LogP) is 0.451. The molecule has 1 aliphatic heterocycles. The van der Waals surface area contributed by atoms with Crippen molar-refractivity contribution in [3.8, 4) is 0 Å². The summed E-state index contributed by atoms with van der Waals surface area (Å²) in [5.41, 5.74) is 0.897. The Hall–Kier alpha value is -1.36. The van der Waals surface area contributed by atoms with E-state index in [0.29, 0.717) is 19.1 Å². The van der Waals surface area contributed by atoms with Crippen molar-refractivity contribution in [3.63, 3.8) is 0 Å². The minimum atomic E-state index is -0.284. The Morgan fingerprint density at radius 3 is 3.27 bits per heavy atom. The van der Waals surface area contributed by atoms with Gasteiger partial charge in [-0.05, 0) is 12.3 Å². The molecule has 1 aromatic heterocycles. The molecule has 1 aromatic rings. The van der Waals surface area contributed by atoms with Gasteiger partial charge >= 0.3 is 0 Å². The van der Waals surface area contributed by atoms with Gasteiger partial charge in [0.15, 0.2) is 0 Å². The van der Waals surface area contributed by atoms with Crippen molar-refractivity contribution in [1.29, 1.82) is 0 Å². The largest absolute Gasteiger partial charge is 0.368 e. The number of nitrogens with zero attached hydrogens (tertiary/aromatic N) is 1. The summed E-state index contributed by atoms with van der Waals surface area (Å²) in [6.45, 7) is 3.20. The molecule has 2 N–H and O–H groups in total. The molecule has 2 atom stereocenters. The van der Waals surface area contributed by atoms with Crippen LogP contribution in [0.5, 0.6) is 0 Å². The lowest BCUT2D eigenvalue weighted by Crippen LogP contribution is -2.36. The van der Waals surface area contributed by atoms with Crippen molar-refractivity contribution in [2.75, 3.05) is 6.61 Å². The number of carbonyl (C=O) groups is 1. The van der Waals surface area contributed by atoms with Gasteiger partial charge in [-0.2, -0.15) is 0 Å². The first-order valence-corrected chi connectivity index (χ1v) is 5.14. The molecule has 5 heteroatoms. The number of hydrogen-bond donors (Lipinski definition) is 2. The summed E-state index contributed by atoms with van der Waals surface area (Å²) < 4.78 is 5.36. The van der Waals surface area contributed by atoms with Crippen LogP contribution in [0.15, 0.2) is 12.5 Å². The maximum absolute atomic E-state index is 11.7. The van der Waals surface area contributed by atoms with E-state index in [2.05, 4.69) is 15.3 Å². The average Bonchev–Trinajstić information content (AvgIpc) is 2.84. The summed E-state index contributed by atoms with van der Waals surface area (Å²) in [5.74, 6) is 0.279. The lowest BCUT2D eigenvalue weighted by Gasteiger charge is -2.13. The Labute approximate surface area is 88.2 Å². The molecule has 2 rings (SSSR count). The first kappa shape index (κ1) is 10.2. The number of H-pyrrole nitrogens is 1. The summed E-state index contributed by atoms with van der Waals surface area (Å²) in [6.07, 6.45) is 3.96. The van der Waals surface area contributed by atoms with Gasteiger partial charge in [-0.3, -0.25) is 4.79 Å². The molecular weight excluding hydrogens is 194 g/mol. The molecule has 0 aliphatic carbocycles. The molecule has 0 saturated carbocycles. The maximum atomic E-state index is 11.7. The quantitative estimate of drug-likeness (QED) is 0.759. The summed E-state index contributed by atoms with van der Waals surface area (Å²) in [4.78, 5) is 18.5. The van der Waals surface area contributed by atoms with E-state index in [1.807, 2.05) is 6.92 Å². The van der Waals surface area contributed by atoms with E-state index < -0.39 is 0 Å². The minimum Gasteiger partial charge on any atom is -0.368 e. The topological polar surface area (TPSA) is 67.0 Å². The Morgan fingerprint density at radius 1 is 1.80 bits per heavy atom. The Balaban J connectivity index is 1.82. The van der Waals surface area contributed by atoms with E-state index in [4.69, 9.17) is 4.74 Å². The molecule has 2 heterocycles. The van der Waals surface area contributed by atoms with Gasteiger partial charge in [-0.25, -0.2) is 4.98 Å². The fourth-order valence-electron chi connectivity index (χ4n) is 1.69. The third-order valence-electron chi connectivity index (χ3n) is 2.65. The molecular formula is C10H15N3O2. The number of amides is 1. The van der Waals surface area contributed by atoms with E-state index in [9.17, 15) is 4.79 Å². The number of carbonyl (C=O) groups excluding carboxylic acids is 1. The van der Waals surface area contributed by atoms with Crippen molar-refractivity contribution < 1.29 is 9.53 Å². The highest BCUT2D eigenvalue weighted by Crippen LogP contribution is 2.19. The van der Waals surface area contributed by atoms with Gasteiger partial charge in [0.05, 0.1) is 18.6 Å². The normalized spacial score (nSPS) is 25.4. The summed E-state index contributed by atoms with van der Waals surface area (Å²) >= 11 is 0. The second kappa shape index (κ2) is 4.44. The van der Waals surface area contributed by atoms with E-state index in [-0.39, 0.29) is 12.0 Å². The molecule has 1 fully saturated rings. The molecule has 0 radical (unpaired) electrons.